The molecule has 1 aliphatic heterocycles. The number of nitrogens with one attached hydrogen (secondary N) is 1. The highest BCUT2D eigenvalue weighted by molar-refractivity contribution is 7.16. The quantitative estimate of drug-likeness (QED) is 0.350. The molecule has 1 atom stereocenters. The molecule has 1 aromatic carbocycles. The van der Waals surface area contributed by atoms with Crippen LogP contribution < -0.4 is 10.1 Å². The normalized spacial score (nSPS) is 17.4. The molecule has 198 valence electrons. The minimum absolute atomic E-state index is 0.113. The van der Waals surface area contributed by atoms with E-state index in [2.05, 4.69) is 25.1 Å². The summed E-state index contributed by atoms with van der Waals surface area (Å²) < 4.78 is 32.4. The SMILES string of the molecule is CC1(O)CCN(C(=O)Cc2nc(-c3cc(Cl)ccc3OC(F)F)c(NC(=O)c3cnn4cccnc34)s2)C1. The molecule has 10 nitrogen and oxygen atoms in total. The number of β-amino-alcohol motifs (C(OH)–C–C–N with tert-alkyl or cyclic N) is 1. The van der Waals surface area contributed by atoms with Crippen molar-refractivity contribution in [3.05, 3.63) is 58.4 Å². The summed E-state index contributed by atoms with van der Waals surface area (Å²) in [6.45, 7) is -0.860. The zero-order valence-electron chi connectivity index (χ0n) is 19.9. The third-order valence-electron chi connectivity index (χ3n) is 5.94. The maximum atomic E-state index is 13.2. The van der Waals surface area contributed by atoms with Crippen molar-refractivity contribution in [2.24, 2.45) is 0 Å². The average Bonchev–Trinajstić information content (AvgIpc) is 3.56. The maximum Gasteiger partial charge on any atom is 0.387 e. The molecule has 2 amide bonds. The van der Waals surface area contributed by atoms with Gasteiger partial charge >= 0.3 is 6.61 Å². The lowest BCUT2D eigenvalue weighted by molar-refractivity contribution is -0.130. The Bertz CT molecular complexity index is 1520. The molecule has 1 unspecified atom stereocenters. The van der Waals surface area contributed by atoms with E-state index in [9.17, 15) is 23.5 Å². The number of ether oxygens (including phenoxy) is 1. The Balaban J connectivity index is 1.51. The number of amides is 2. The van der Waals surface area contributed by atoms with E-state index in [1.165, 1.54) is 40.0 Å². The summed E-state index contributed by atoms with van der Waals surface area (Å²) in [5.74, 6) is -1.02. The molecule has 4 heterocycles. The molecule has 0 bridgehead atoms. The summed E-state index contributed by atoms with van der Waals surface area (Å²) in [6, 6.07) is 5.72. The Labute approximate surface area is 223 Å². The number of benzene rings is 1. The van der Waals surface area contributed by atoms with Crippen LogP contribution in [0.4, 0.5) is 13.8 Å². The zero-order valence-corrected chi connectivity index (χ0v) is 21.5. The minimum Gasteiger partial charge on any atom is -0.434 e. The van der Waals surface area contributed by atoms with Crippen LogP contribution in [-0.2, 0) is 11.2 Å². The Kier molecular flexibility index (Phi) is 6.99. The maximum absolute atomic E-state index is 13.2. The Morgan fingerprint density at radius 1 is 1.37 bits per heavy atom. The van der Waals surface area contributed by atoms with E-state index in [1.54, 1.807) is 19.2 Å². The van der Waals surface area contributed by atoms with Gasteiger partial charge in [0.05, 0.1) is 18.2 Å². The Morgan fingerprint density at radius 2 is 2.18 bits per heavy atom. The van der Waals surface area contributed by atoms with Crippen molar-refractivity contribution in [3.8, 4) is 17.0 Å². The number of hydrogen-bond donors (Lipinski definition) is 2. The van der Waals surface area contributed by atoms with Gasteiger partial charge < -0.3 is 20.1 Å². The van der Waals surface area contributed by atoms with Crippen molar-refractivity contribution in [2.75, 3.05) is 18.4 Å². The predicted octanol–water partition coefficient (Wildman–Crippen LogP) is 3.89. The largest absolute Gasteiger partial charge is 0.434 e. The number of thiazole rings is 1. The van der Waals surface area contributed by atoms with E-state index in [-0.39, 0.29) is 51.5 Å². The molecular weight excluding hydrogens is 542 g/mol. The molecule has 1 saturated heterocycles. The van der Waals surface area contributed by atoms with Gasteiger partial charge in [0.25, 0.3) is 5.91 Å². The number of fused-ring (bicyclic) bond motifs is 1. The molecule has 14 heteroatoms. The fourth-order valence-electron chi connectivity index (χ4n) is 4.15. The van der Waals surface area contributed by atoms with Crippen LogP contribution >= 0.6 is 22.9 Å². The van der Waals surface area contributed by atoms with Gasteiger partial charge in [-0.1, -0.05) is 11.6 Å². The molecule has 4 aromatic rings. The second kappa shape index (κ2) is 10.2. The number of halogens is 3. The number of likely N-dealkylation sites (tertiary alicyclic amines) is 1. The first-order valence-electron chi connectivity index (χ1n) is 11.4. The van der Waals surface area contributed by atoms with E-state index >= 15 is 0 Å². The monoisotopic (exact) mass is 562 g/mol. The topological polar surface area (TPSA) is 122 Å². The van der Waals surface area contributed by atoms with Crippen LogP contribution in [0.25, 0.3) is 16.9 Å². The number of hydrogen-bond acceptors (Lipinski definition) is 8. The summed E-state index contributed by atoms with van der Waals surface area (Å²) in [7, 11) is 0. The second-order valence-corrected chi connectivity index (χ2v) is 10.5. The average molecular weight is 563 g/mol. The fraction of sp³-hybridized carbons (Fsp3) is 0.292. The number of alkyl halides is 2. The van der Waals surface area contributed by atoms with Gasteiger partial charge in [-0.05, 0) is 37.6 Å². The minimum atomic E-state index is -3.11. The van der Waals surface area contributed by atoms with E-state index < -0.39 is 18.1 Å². The summed E-state index contributed by atoms with van der Waals surface area (Å²) in [4.78, 5) is 36.3. The highest BCUT2D eigenvalue weighted by atomic mass is 35.5. The number of rotatable bonds is 7. The van der Waals surface area contributed by atoms with Crippen LogP contribution in [0.2, 0.25) is 5.02 Å². The van der Waals surface area contributed by atoms with E-state index in [0.717, 1.165) is 11.3 Å². The van der Waals surface area contributed by atoms with Gasteiger partial charge in [0.2, 0.25) is 5.91 Å². The summed E-state index contributed by atoms with van der Waals surface area (Å²) in [5.41, 5.74) is -0.241. The van der Waals surface area contributed by atoms with E-state index in [1.807, 2.05) is 0 Å². The predicted molar refractivity (Wildman–Crippen MR) is 136 cm³/mol. The van der Waals surface area contributed by atoms with Crippen LogP contribution in [0.15, 0.2) is 42.9 Å². The summed E-state index contributed by atoms with van der Waals surface area (Å²) >= 11 is 7.17. The van der Waals surface area contributed by atoms with Crippen LogP contribution in [0.3, 0.4) is 0 Å². The Morgan fingerprint density at radius 3 is 2.92 bits per heavy atom. The van der Waals surface area contributed by atoms with E-state index in [0.29, 0.717) is 23.6 Å². The van der Waals surface area contributed by atoms with Crippen LogP contribution in [0.1, 0.15) is 28.7 Å². The molecule has 0 spiro atoms. The van der Waals surface area contributed by atoms with Crippen molar-refractivity contribution in [1.29, 1.82) is 0 Å². The van der Waals surface area contributed by atoms with Gasteiger partial charge in [-0.2, -0.15) is 13.9 Å². The lowest BCUT2D eigenvalue weighted by Gasteiger charge is -2.18. The van der Waals surface area contributed by atoms with Crippen LogP contribution in [0.5, 0.6) is 5.75 Å². The van der Waals surface area contributed by atoms with Crippen molar-refractivity contribution >= 4 is 45.4 Å². The fourth-order valence-corrected chi connectivity index (χ4v) is 5.29. The molecule has 3 aromatic heterocycles. The second-order valence-electron chi connectivity index (χ2n) is 8.94. The molecular formula is C24H21ClF2N6O4S. The van der Waals surface area contributed by atoms with Crippen molar-refractivity contribution in [1.82, 2.24) is 24.5 Å². The zero-order chi connectivity index (χ0) is 27.0. The third-order valence-corrected chi connectivity index (χ3v) is 7.15. The standard InChI is InChI=1S/C24H21ClF2N6O4S/c1-24(36)5-8-32(12-24)18(34)10-17-30-19(14-9-13(25)3-4-16(14)37-23(26)27)22(38-17)31-21(35)15-11-29-33-7-2-6-28-20(15)33/h2-4,6-7,9,11,23,36H,5,8,10,12H2,1H3,(H,31,35). The number of aliphatic hydroxyl groups is 1. The first-order chi connectivity index (χ1) is 18.1. The van der Waals surface area contributed by atoms with Gasteiger partial charge in [-0.15, -0.1) is 11.3 Å². The number of nitrogens with zero attached hydrogens (tertiary/aromatic N) is 5. The molecule has 0 aliphatic carbocycles. The molecule has 5 rings (SSSR count). The van der Waals surface area contributed by atoms with Gasteiger partial charge in [-0.25, -0.2) is 14.5 Å². The highest BCUT2D eigenvalue weighted by Crippen LogP contribution is 2.40. The van der Waals surface area contributed by atoms with Crippen LogP contribution in [-0.4, -0.2) is 66.7 Å². The first-order valence-corrected chi connectivity index (χ1v) is 12.6. The van der Waals surface area contributed by atoms with Gasteiger partial charge in [0, 0.05) is 36.1 Å². The van der Waals surface area contributed by atoms with E-state index in [4.69, 9.17) is 11.6 Å². The lowest BCUT2D eigenvalue weighted by atomic mass is 10.1. The molecule has 2 N–H and O–H groups in total. The third kappa shape index (κ3) is 5.44. The number of aromatic nitrogens is 4. The van der Waals surface area contributed by atoms with Crippen LogP contribution in [0, 0.1) is 0 Å². The van der Waals surface area contributed by atoms with Gasteiger partial charge in [0.1, 0.15) is 27.0 Å². The molecule has 0 radical (unpaired) electrons. The van der Waals surface area contributed by atoms with Crippen molar-refractivity contribution < 1.29 is 28.2 Å². The van der Waals surface area contributed by atoms with Gasteiger partial charge in [-0.3, -0.25) is 9.59 Å². The molecule has 0 saturated carbocycles. The number of anilines is 1. The smallest absolute Gasteiger partial charge is 0.387 e. The molecule has 38 heavy (non-hydrogen) atoms. The summed E-state index contributed by atoms with van der Waals surface area (Å²) in [6.07, 6.45) is 4.84. The lowest BCUT2D eigenvalue weighted by Crippen LogP contribution is -2.34. The number of carbonyl (C=O) groups excluding carboxylic acids is 2. The van der Waals surface area contributed by atoms with Gasteiger partial charge in [0.15, 0.2) is 5.65 Å². The van der Waals surface area contributed by atoms with Crippen molar-refractivity contribution in [3.63, 3.8) is 0 Å². The number of carbonyl (C=O) groups is 2. The highest BCUT2D eigenvalue weighted by Gasteiger charge is 2.34. The Hall–Kier alpha value is -3.68. The molecule has 1 aliphatic rings. The summed E-state index contributed by atoms with van der Waals surface area (Å²) in [5, 5.41) is 17.8. The first kappa shape index (κ1) is 25.9. The molecule has 1 fully saturated rings. The van der Waals surface area contributed by atoms with Crippen molar-refractivity contribution in [2.45, 2.75) is 32.0 Å².